The topological polar surface area (TPSA) is 0 Å². The van der Waals surface area contributed by atoms with E-state index < -0.39 is 16.1 Å². The average Bonchev–Trinajstić information content (AvgIpc) is 2.99. The van der Waals surface area contributed by atoms with Crippen molar-refractivity contribution in [3.05, 3.63) is 103 Å². The summed E-state index contributed by atoms with van der Waals surface area (Å²) in [5, 5.41) is 6.20. The molecule has 0 nitrogen and oxygen atoms in total. The SMILES string of the molecule is CC1=C(C)C(C)([Si](c2cc(C)cc([Si](C)(C)C)c2)(c2cc(C)ccc2C)c2cc(C)ccc2C)[C]([Ti+3])=C1C.[Cl-].[Cl-].[Cl-]. The monoisotopic (exact) mass is 674 g/mol. The molecule has 1 aliphatic rings. The molecule has 0 radical (unpaired) electrons. The fraction of sp³-hybridized carbons (Fsp3) is 0.371. The third-order valence-corrected chi connectivity index (χ3v) is 19.2. The van der Waals surface area contributed by atoms with Gasteiger partial charge in [-0.2, -0.15) is 0 Å². The van der Waals surface area contributed by atoms with Crippen LogP contribution in [0, 0.1) is 34.6 Å². The molecule has 0 spiro atoms. The molecule has 0 aromatic heterocycles. The Balaban J connectivity index is 0.00000280. The number of halogens is 3. The van der Waals surface area contributed by atoms with Crippen LogP contribution >= 0.6 is 0 Å². The summed E-state index contributed by atoms with van der Waals surface area (Å²) in [4.78, 5) is 0. The van der Waals surface area contributed by atoms with Crippen LogP contribution in [0.2, 0.25) is 24.7 Å². The fourth-order valence-corrected chi connectivity index (χ4v) is 16.7. The van der Waals surface area contributed by atoms with Gasteiger partial charge in [0.25, 0.3) is 0 Å². The van der Waals surface area contributed by atoms with Crippen molar-refractivity contribution in [3.63, 3.8) is 0 Å². The van der Waals surface area contributed by atoms with E-state index in [2.05, 4.69) is 157 Å². The minimum absolute atomic E-state index is 0. The van der Waals surface area contributed by atoms with Crippen molar-refractivity contribution in [2.45, 2.75) is 87.0 Å². The molecule has 1 atom stereocenters. The summed E-state index contributed by atoms with van der Waals surface area (Å²) < 4.78 is 1.55. The van der Waals surface area contributed by atoms with Crippen LogP contribution in [0.3, 0.4) is 0 Å². The molecule has 3 aromatic rings. The summed E-state index contributed by atoms with van der Waals surface area (Å²) in [6.45, 7) is 28.8. The predicted molar refractivity (Wildman–Crippen MR) is 170 cm³/mol. The molecular weight excluding hydrogens is 631 g/mol. The van der Waals surface area contributed by atoms with Gasteiger partial charge < -0.3 is 37.2 Å². The zero-order valence-electron chi connectivity index (χ0n) is 26.8. The number of benzene rings is 3. The van der Waals surface area contributed by atoms with Crippen molar-refractivity contribution in [2.24, 2.45) is 0 Å². The van der Waals surface area contributed by atoms with Crippen LogP contribution in [0.4, 0.5) is 0 Å². The number of hydrogen-bond donors (Lipinski definition) is 0. The molecule has 6 heteroatoms. The first-order chi connectivity index (χ1) is 17.6. The van der Waals surface area contributed by atoms with Gasteiger partial charge in [-0.1, -0.05) is 0 Å². The molecule has 0 heterocycles. The molecule has 0 saturated heterocycles. The van der Waals surface area contributed by atoms with E-state index in [0.717, 1.165) is 0 Å². The van der Waals surface area contributed by atoms with E-state index in [1.54, 1.807) is 30.2 Å². The summed E-state index contributed by atoms with van der Waals surface area (Å²) >= 11 is 2.43. The van der Waals surface area contributed by atoms with Gasteiger partial charge in [-0.25, -0.2) is 0 Å². The van der Waals surface area contributed by atoms with Gasteiger partial charge >= 0.3 is 247 Å². The minimum atomic E-state index is -2.71. The fourth-order valence-electron chi connectivity index (χ4n) is 6.87. The predicted octanol–water partition coefficient (Wildman–Crippen LogP) is -1.81. The Hall–Kier alpha value is -0.842. The van der Waals surface area contributed by atoms with Gasteiger partial charge in [-0.05, 0) is 0 Å². The number of allylic oxidation sites excluding steroid dienone is 4. The Bertz CT molecular complexity index is 1440. The van der Waals surface area contributed by atoms with Gasteiger partial charge in [-0.15, -0.1) is 0 Å². The van der Waals surface area contributed by atoms with Crippen LogP contribution in [0.15, 0.2) is 75.2 Å². The summed E-state index contributed by atoms with van der Waals surface area (Å²) in [7, 11) is -4.26. The van der Waals surface area contributed by atoms with Crippen LogP contribution in [0.25, 0.3) is 0 Å². The maximum absolute atomic E-state index is 2.71. The van der Waals surface area contributed by atoms with Crippen molar-refractivity contribution in [1.29, 1.82) is 0 Å². The largest absolute Gasteiger partial charge is 1.00 e. The zero-order chi connectivity index (χ0) is 28.4. The number of hydrogen-bond acceptors (Lipinski definition) is 0. The third-order valence-electron chi connectivity index (χ3n) is 9.47. The molecule has 0 amide bonds. The van der Waals surface area contributed by atoms with Crippen molar-refractivity contribution in [1.82, 2.24) is 0 Å². The first-order valence-corrected chi connectivity index (χ1v) is 20.2. The first kappa shape index (κ1) is 38.2. The van der Waals surface area contributed by atoms with E-state index in [4.69, 9.17) is 0 Å². The Kier molecular flexibility index (Phi) is 12.5. The molecular formula is C35H45Cl3Si2Ti. The number of aryl methyl sites for hydroxylation is 5. The maximum atomic E-state index is 2.66. The summed E-state index contributed by atoms with van der Waals surface area (Å²) in [5.41, 5.74) is 11.5. The van der Waals surface area contributed by atoms with Gasteiger partial charge in [-0.3, -0.25) is 0 Å². The Morgan fingerprint density at radius 3 is 1.39 bits per heavy atom. The van der Waals surface area contributed by atoms with Crippen LogP contribution < -0.4 is 58.0 Å². The zero-order valence-corrected chi connectivity index (χ0v) is 32.7. The van der Waals surface area contributed by atoms with Gasteiger partial charge in [0.1, 0.15) is 0 Å². The number of rotatable bonds is 5. The first-order valence-electron chi connectivity index (χ1n) is 14.0. The van der Waals surface area contributed by atoms with Crippen molar-refractivity contribution in [3.8, 4) is 0 Å². The van der Waals surface area contributed by atoms with E-state index >= 15 is 0 Å². The molecule has 0 fully saturated rings. The van der Waals surface area contributed by atoms with Crippen molar-refractivity contribution in [2.75, 3.05) is 0 Å². The molecule has 1 unspecified atom stereocenters. The molecule has 0 saturated carbocycles. The second-order valence-electron chi connectivity index (χ2n) is 13.1. The van der Waals surface area contributed by atoms with Crippen LogP contribution in [-0.2, 0) is 20.4 Å². The molecule has 0 N–H and O–H groups in total. The van der Waals surface area contributed by atoms with Crippen molar-refractivity contribution >= 4 is 36.9 Å². The standard InChI is InChI=1S/C35H45Si2.3ClH.Ti/c1-23-13-15-26(4)33(19-23)37(34-20-24(2)14-16-27(34)5,35(9)22-28(6)29(7)30(35)8)32-18-25(3)17-31(21-32)36(10,11)12;;;;/h13-21H,1-12H3;3*1H;/q;;;;+3/p-3. The molecule has 0 aliphatic heterocycles. The van der Waals surface area contributed by atoms with Crippen molar-refractivity contribution < 1.29 is 57.7 Å². The quantitative estimate of drug-likeness (QED) is 0.221. The van der Waals surface area contributed by atoms with E-state index in [9.17, 15) is 0 Å². The van der Waals surface area contributed by atoms with E-state index in [1.807, 2.05) is 0 Å². The van der Waals surface area contributed by atoms with Gasteiger partial charge in [0, 0.05) is 0 Å². The van der Waals surface area contributed by atoms with E-state index in [-0.39, 0.29) is 42.3 Å². The molecule has 0 bridgehead atoms. The molecule has 218 valence electrons. The van der Waals surface area contributed by atoms with Gasteiger partial charge in [0.15, 0.2) is 0 Å². The second-order valence-corrected chi connectivity index (χ2v) is 23.1. The maximum Gasteiger partial charge on any atom is -1.00 e. The minimum Gasteiger partial charge on any atom is -1.00 e. The molecule has 4 rings (SSSR count). The van der Waals surface area contributed by atoms with Crippen LogP contribution in [-0.4, -0.2) is 16.1 Å². The third kappa shape index (κ3) is 6.10. The summed E-state index contributed by atoms with van der Waals surface area (Å²) in [5.74, 6) is 0. The van der Waals surface area contributed by atoms with E-state index in [0.29, 0.717) is 0 Å². The summed E-state index contributed by atoms with van der Waals surface area (Å²) in [6, 6.07) is 22.1. The molecule has 1 aliphatic carbocycles. The second kappa shape index (κ2) is 13.4. The van der Waals surface area contributed by atoms with E-state index in [1.165, 1.54) is 39.0 Å². The molecule has 3 aromatic carbocycles. The van der Waals surface area contributed by atoms with Crippen LogP contribution in [0.5, 0.6) is 0 Å². The Morgan fingerprint density at radius 2 is 1.00 bits per heavy atom. The van der Waals surface area contributed by atoms with Gasteiger partial charge in [0.2, 0.25) is 0 Å². The smallest absolute Gasteiger partial charge is 1.00 e. The van der Waals surface area contributed by atoms with Crippen LogP contribution in [0.1, 0.15) is 55.5 Å². The normalized spacial score (nSPS) is 17.2. The Labute approximate surface area is 282 Å². The van der Waals surface area contributed by atoms with Gasteiger partial charge in [0.05, 0.1) is 0 Å². The molecule has 41 heavy (non-hydrogen) atoms. The average molecular weight is 676 g/mol. The Morgan fingerprint density at radius 1 is 0.561 bits per heavy atom. The summed E-state index contributed by atoms with van der Waals surface area (Å²) in [6.07, 6.45) is 0.